The van der Waals surface area contributed by atoms with Gasteiger partial charge < -0.3 is 24.6 Å². The second kappa shape index (κ2) is 7.80. The van der Waals surface area contributed by atoms with E-state index in [2.05, 4.69) is 13.8 Å². The summed E-state index contributed by atoms with van der Waals surface area (Å²) < 4.78 is 62.3. The minimum atomic E-state index is -3.30. The topological polar surface area (TPSA) is 101 Å². The Labute approximate surface area is 207 Å². The summed E-state index contributed by atoms with van der Waals surface area (Å²) in [6.45, 7) is 4.22. The number of fused-ring (bicyclic) bond motifs is 3. The molecule has 2 aliphatic carbocycles. The molecule has 3 unspecified atom stereocenters. The Morgan fingerprint density at radius 2 is 1.97 bits per heavy atom. The van der Waals surface area contributed by atoms with Crippen molar-refractivity contribution in [3.63, 3.8) is 0 Å². The van der Waals surface area contributed by atoms with Crippen LogP contribution in [0.3, 0.4) is 0 Å². The van der Waals surface area contributed by atoms with Crippen molar-refractivity contribution in [2.75, 3.05) is 0 Å². The fraction of sp³-hybridized carbons (Fsp3) is 0.480. The largest absolute Gasteiger partial charge is 0.503 e. The first kappa shape index (κ1) is 24.0. The number of aromatic nitrogens is 1. The van der Waals surface area contributed by atoms with Crippen LogP contribution in [0.1, 0.15) is 52.7 Å². The standard InChI is InChI=1S/C25H23F4N3O5/c1-9-10(2)25-6-15(25)32-16(37-21(9)25)8-31-7-13(19(33)20(34)18(31)24(32)36)23(35)30-17(22(28)29)12-4-3-11(26)5-14(12)27/h3-5,7,9-10,15-17,21-22,34H,6,8H2,1-2H3,(H,30,35)/t9?,10-,15?,16+,17-,21?,25+/m0/s1. The molecule has 2 amide bonds. The number of carbonyl (C=O) groups excluding carboxylic acids is 2. The summed E-state index contributed by atoms with van der Waals surface area (Å²) in [6.07, 6.45) is -2.23. The van der Waals surface area contributed by atoms with Crippen molar-refractivity contribution in [2.24, 2.45) is 17.3 Å². The highest BCUT2D eigenvalue weighted by atomic mass is 19.3. The smallest absolute Gasteiger partial charge is 0.276 e. The van der Waals surface area contributed by atoms with Crippen LogP contribution in [0, 0.1) is 28.9 Å². The summed E-state index contributed by atoms with van der Waals surface area (Å²) in [4.78, 5) is 40.7. The van der Waals surface area contributed by atoms with Crippen molar-refractivity contribution in [1.29, 1.82) is 0 Å². The molecule has 1 spiro atoms. The van der Waals surface area contributed by atoms with Crippen LogP contribution in [0.4, 0.5) is 17.6 Å². The number of nitrogens with zero attached hydrogens (tertiary/aromatic N) is 2. The number of pyridine rings is 1. The van der Waals surface area contributed by atoms with Gasteiger partial charge in [0.2, 0.25) is 5.43 Å². The fourth-order valence-electron chi connectivity index (χ4n) is 6.62. The lowest BCUT2D eigenvalue weighted by Gasteiger charge is -2.57. The lowest BCUT2D eigenvalue weighted by atomic mass is 9.59. The van der Waals surface area contributed by atoms with Crippen molar-refractivity contribution in [3.8, 4) is 5.75 Å². The van der Waals surface area contributed by atoms with Gasteiger partial charge in [-0.25, -0.2) is 17.6 Å². The minimum Gasteiger partial charge on any atom is -0.503 e. The highest BCUT2D eigenvalue weighted by Crippen LogP contribution is 2.72. The Morgan fingerprint density at radius 1 is 1.24 bits per heavy atom. The van der Waals surface area contributed by atoms with E-state index in [-0.39, 0.29) is 29.8 Å². The number of aromatic hydroxyl groups is 1. The maximum Gasteiger partial charge on any atom is 0.276 e. The number of hydrogen-bond acceptors (Lipinski definition) is 5. The monoisotopic (exact) mass is 521 g/mol. The van der Waals surface area contributed by atoms with E-state index in [0.29, 0.717) is 17.9 Å². The van der Waals surface area contributed by atoms with E-state index in [0.717, 1.165) is 24.8 Å². The number of benzene rings is 1. The third-order valence-electron chi connectivity index (χ3n) is 8.73. The number of nitrogens with one attached hydrogen (secondary N) is 1. The molecule has 7 atom stereocenters. The average molecular weight is 521 g/mol. The summed E-state index contributed by atoms with van der Waals surface area (Å²) in [5.74, 6) is -4.54. The molecule has 12 heteroatoms. The van der Waals surface area contributed by atoms with Gasteiger partial charge in [0.25, 0.3) is 18.2 Å². The molecule has 2 aliphatic heterocycles. The molecule has 1 aromatic carbocycles. The van der Waals surface area contributed by atoms with Crippen LogP contribution in [0.25, 0.3) is 0 Å². The first-order valence-electron chi connectivity index (χ1n) is 12.0. The molecule has 196 valence electrons. The Bertz CT molecular complexity index is 1410. The Balaban J connectivity index is 1.33. The van der Waals surface area contributed by atoms with E-state index in [9.17, 15) is 37.1 Å². The van der Waals surface area contributed by atoms with Gasteiger partial charge in [0.05, 0.1) is 12.6 Å². The van der Waals surface area contributed by atoms with Gasteiger partial charge in [-0.05, 0) is 24.3 Å². The maximum absolute atomic E-state index is 14.1. The third-order valence-corrected chi connectivity index (χ3v) is 8.73. The van der Waals surface area contributed by atoms with Crippen molar-refractivity contribution in [3.05, 3.63) is 63.1 Å². The minimum absolute atomic E-state index is 0.0181. The van der Waals surface area contributed by atoms with Gasteiger partial charge in [0.15, 0.2) is 17.7 Å². The van der Waals surface area contributed by atoms with Crippen LogP contribution in [0.5, 0.6) is 5.75 Å². The summed E-state index contributed by atoms with van der Waals surface area (Å²) in [5, 5.41) is 12.5. The van der Waals surface area contributed by atoms with Crippen LogP contribution in [-0.2, 0) is 11.3 Å². The van der Waals surface area contributed by atoms with Crippen LogP contribution >= 0.6 is 0 Å². The molecular weight excluding hydrogens is 498 g/mol. The summed E-state index contributed by atoms with van der Waals surface area (Å²) in [6, 6.07) is -0.333. The highest BCUT2D eigenvalue weighted by Gasteiger charge is 2.78. The van der Waals surface area contributed by atoms with Crippen LogP contribution in [0.15, 0.2) is 29.2 Å². The second-order valence-corrected chi connectivity index (χ2v) is 10.4. The molecule has 1 aromatic heterocycles. The number of alkyl halides is 2. The summed E-state index contributed by atoms with van der Waals surface area (Å²) in [5.41, 5.74) is -3.04. The molecule has 0 bridgehead atoms. The normalized spacial score (nSPS) is 32.0. The quantitative estimate of drug-likeness (QED) is 0.603. The second-order valence-electron chi connectivity index (χ2n) is 10.4. The molecule has 1 saturated heterocycles. The van der Waals surface area contributed by atoms with E-state index in [1.165, 1.54) is 4.57 Å². The van der Waals surface area contributed by atoms with Crippen molar-refractivity contribution >= 4 is 11.8 Å². The molecule has 6 rings (SSSR count). The van der Waals surface area contributed by atoms with Crippen molar-refractivity contribution in [2.45, 2.75) is 57.7 Å². The zero-order valence-corrected chi connectivity index (χ0v) is 19.8. The molecular formula is C25H23F4N3O5. The summed E-state index contributed by atoms with van der Waals surface area (Å²) in [7, 11) is 0. The van der Waals surface area contributed by atoms with Crippen molar-refractivity contribution < 1.29 is 37.0 Å². The number of halogens is 4. The number of rotatable bonds is 4. The SMILES string of the molecule is CC1C2O[C@@H]3Cn4cc(C(=O)N[C@@H](c5ccc(F)cc5F)C(F)F)c(=O)c(O)c4C(=O)N3C3C[C@]23[C@H]1C. The molecule has 37 heavy (non-hydrogen) atoms. The Hall–Kier alpha value is -3.41. The van der Waals surface area contributed by atoms with Gasteiger partial charge in [-0.15, -0.1) is 0 Å². The van der Waals surface area contributed by atoms with E-state index < -0.39 is 64.4 Å². The molecule has 3 fully saturated rings. The zero-order valence-electron chi connectivity index (χ0n) is 19.8. The van der Waals surface area contributed by atoms with E-state index in [1.54, 1.807) is 4.90 Å². The first-order valence-corrected chi connectivity index (χ1v) is 12.0. The molecule has 0 radical (unpaired) electrons. The highest BCUT2D eigenvalue weighted by molar-refractivity contribution is 5.99. The Kier molecular flexibility index (Phi) is 5.05. The third kappa shape index (κ3) is 3.14. The van der Waals surface area contributed by atoms with Gasteiger partial charge in [-0.1, -0.05) is 19.9 Å². The van der Waals surface area contributed by atoms with E-state index in [4.69, 9.17) is 4.74 Å². The van der Waals surface area contributed by atoms with Crippen LogP contribution in [-0.4, -0.2) is 51.2 Å². The molecule has 2 saturated carbocycles. The maximum atomic E-state index is 14.1. The van der Waals surface area contributed by atoms with Gasteiger partial charge in [-0.3, -0.25) is 14.4 Å². The fourth-order valence-corrected chi connectivity index (χ4v) is 6.62. The number of amides is 2. The molecule has 8 nitrogen and oxygen atoms in total. The molecule has 4 aliphatic rings. The molecule has 3 heterocycles. The van der Waals surface area contributed by atoms with Crippen LogP contribution < -0.4 is 10.7 Å². The first-order chi connectivity index (χ1) is 17.5. The number of carbonyl (C=O) groups is 2. The van der Waals surface area contributed by atoms with Gasteiger partial charge in [-0.2, -0.15) is 0 Å². The van der Waals surface area contributed by atoms with Gasteiger partial charge in [0, 0.05) is 29.3 Å². The number of hydrogen-bond donors (Lipinski definition) is 2. The van der Waals surface area contributed by atoms with Gasteiger partial charge >= 0.3 is 0 Å². The van der Waals surface area contributed by atoms with Crippen molar-refractivity contribution in [1.82, 2.24) is 14.8 Å². The summed E-state index contributed by atoms with van der Waals surface area (Å²) >= 11 is 0. The lowest BCUT2D eigenvalue weighted by Crippen LogP contribution is -2.66. The lowest BCUT2D eigenvalue weighted by molar-refractivity contribution is -0.244. The molecule has 2 aromatic rings. The van der Waals surface area contributed by atoms with E-state index in [1.807, 2.05) is 5.32 Å². The van der Waals surface area contributed by atoms with Gasteiger partial charge in [0.1, 0.15) is 23.2 Å². The number of ether oxygens (including phenoxy) is 1. The Morgan fingerprint density at radius 3 is 2.65 bits per heavy atom. The van der Waals surface area contributed by atoms with Crippen LogP contribution in [0.2, 0.25) is 0 Å². The predicted octanol–water partition coefficient (Wildman–Crippen LogP) is 2.79. The molecule has 2 N–H and O–H groups in total. The van der Waals surface area contributed by atoms with E-state index >= 15 is 0 Å². The zero-order chi connectivity index (χ0) is 26.5. The average Bonchev–Trinajstić information content (AvgIpc) is 3.61. The predicted molar refractivity (Wildman–Crippen MR) is 119 cm³/mol.